The highest BCUT2D eigenvalue weighted by atomic mass is 16.2. The first-order valence-electron chi connectivity index (χ1n) is 4.33. The van der Waals surface area contributed by atoms with E-state index in [0.717, 1.165) is 0 Å². The highest BCUT2D eigenvalue weighted by molar-refractivity contribution is 5.38. The molecule has 1 rings (SSSR count). The third-order valence-electron chi connectivity index (χ3n) is 1.75. The molecule has 0 saturated carbocycles. The maximum Gasteiger partial charge on any atom is 0.174 e. The van der Waals surface area contributed by atoms with Crippen LogP contribution >= 0.6 is 0 Å². The second-order valence-corrected chi connectivity index (χ2v) is 2.92. The minimum absolute atomic E-state index is 0.120. The molecule has 0 saturated heterocycles. The van der Waals surface area contributed by atoms with E-state index in [1.54, 1.807) is 0 Å². The average Bonchev–Trinajstić information content (AvgIpc) is 2.62. The van der Waals surface area contributed by atoms with Crippen LogP contribution in [0.5, 0.6) is 0 Å². The molecule has 1 unspecified atom stereocenters. The summed E-state index contributed by atoms with van der Waals surface area (Å²) in [5, 5.41) is 17.3. The third-order valence-corrected chi connectivity index (χ3v) is 1.75. The summed E-state index contributed by atoms with van der Waals surface area (Å²) >= 11 is 0. The number of hydrogen-bond acceptors (Lipinski definition) is 3. The smallest absolute Gasteiger partial charge is 0.174 e. The number of nitriles is 1. The summed E-state index contributed by atoms with van der Waals surface area (Å²) in [6, 6.07) is 1.94. The highest BCUT2D eigenvalue weighted by Crippen LogP contribution is 2.01. The second-order valence-electron chi connectivity index (χ2n) is 2.92. The van der Waals surface area contributed by atoms with E-state index in [1.165, 1.54) is 6.33 Å². The van der Waals surface area contributed by atoms with Crippen LogP contribution in [-0.2, 0) is 0 Å². The Labute approximate surface area is 82.6 Å². The Morgan fingerprint density at radius 1 is 1.71 bits per heavy atom. The molecule has 0 radical (unpaired) electrons. The molecule has 0 bridgehead atoms. The first-order chi connectivity index (χ1) is 6.77. The minimum Gasteiger partial charge on any atom is -0.396 e. The van der Waals surface area contributed by atoms with Crippen molar-refractivity contribution in [2.45, 2.75) is 13.3 Å². The Morgan fingerprint density at radius 2 is 2.50 bits per heavy atom. The van der Waals surface area contributed by atoms with Crippen molar-refractivity contribution in [2.24, 2.45) is 5.92 Å². The van der Waals surface area contributed by atoms with Gasteiger partial charge in [0.1, 0.15) is 11.8 Å². The van der Waals surface area contributed by atoms with E-state index in [4.69, 9.17) is 10.4 Å². The quantitative estimate of drug-likeness (QED) is 0.671. The van der Waals surface area contributed by atoms with Crippen molar-refractivity contribution in [3.05, 3.63) is 17.7 Å². The fraction of sp³-hybridized carbons (Fsp3) is 0.400. The molecule has 0 aliphatic heterocycles. The van der Waals surface area contributed by atoms with E-state index < -0.39 is 0 Å². The van der Waals surface area contributed by atoms with Gasteiger partial charge < -0.3 is 10.1 Å². The van der Waals surface area contributed by atoms with Gasteiger partial charge in [-0.1, -0.05) is 12.8 Å². The van der Waals surface area contributed by atoms with Crippen molar-refractivity contribution in [3.63, 3.8) is 0 Å². The lowest BCUT2D eigenvalue weighted by atomic mass is 10.1. The van der Waals surface area contributed by atoms with E-state index in [9.17, 15) is 0 Å². The van der Waals surface area contributed by atoms with E-state index >= 15 is 0 Å². The number of aliphatic hydroxyl groups is 1. The Bertz CT molecular complexity index is 391. The largest absolute Gasteiger partial charge is 0.396 e. The van der Waals surface area contributed by atoms with Gasteiger partial charge in [-0.25, -0.2) is 4.98 Å². The lowest BCUT2D eigenvalue weighted by molar-refractivity contribution is 0.276. The number of imidazole rings is 1. The average molecular weight is 189 g/mol. The van der Waals surface area contributed by atoms with Crippen LogP contribution in [0.25, 0.3) is 0 Å². The van der Waals surface area contributed by atoms with Crippen LogP contribution in [0.3, 0.4) is 0 Å². The van der Waals surface area contributed by atoms with Crippen LogP contribution in [-0.4, -0.2) is 21.7 Å². The zero-order valence-electron chi connectivity index (χ0n) is 7.91. The van der Waals surface area contributed by atoms with Gasteiger partial charge >= 0.3 is 0 Å². The fourth-order valence-corrected chi connectivity index (χ4v) is 0.936. The van der Waals surface area contributed by atoms with Crippen LogP contribution in [0.15, 0.2) is 6.33 Å². The Kier molecular flexibility index (Phi) is 3.72. The summed E-state index contributed by atoms with van der Waals surface area (Å²) in [4.78, 5) is 6.57. The predicted molar refractivity (Wildman–Crippen MR) is 51.0 cm³/mol. The lowest BCUT2D eigenvalue weighted by Crippen LogP contribution is -1.94. The number of nitrogens with one attached hydrogen (secondary N) is 1. The molecule has 4 nitrogen and oxygen atoms in total. The van der Waals surface area contributed by atoms with Gasteiger partial charge in [0.25, 0.3) is 0 Å². The summed E-state index contributed by atoms with van der Waals surface area (Å²) in [5.74, 6) is 5.88. The number of nitrogens with zero attached hydrogens (tertiary/aromatic N) is 2. The van der Waals surface area contributed by atoms with Gasteiger partial charge in [0, 0.05) is 12.5 Å². The van der Waals surface area contributed by atoms with Crippen LogP contribution in [0, 0.1) is 29.1 Å². The maximum absolute atomic E-state index is 8.65. The summed E-state index contributed by atoms with van der Waals surface area (Å²) in [7, 11) is 0. The molecule has 0 aliphatic rings. The van der Waals surface area contributed by atoms with Gasteiger partial charge in [-0.05, 0) is 12.3 Å². The van der Waals surface area contributed by atoms with Crippen LogP contribution in [0.2, 0.25) is 0 Å². The van der Waals surface area contributed by atoms with Gasteiger partial charge in [0.15, 0.2) is 5.69 Å². The van der Waals surface area contributed by atoms with E-state index in [2.05, 4.69) is 21.8 Å². The summed E-state index contributed by atoms with van der Waals surface area (Å²) in [6.45, 7) is 2.05. The molecule has 0 amide bonds. The minimum atomic E-state index is 0.120. The second kappa shape index (κ2) is 5.06. The molecule has 4 heteroatoms. The zero-order chi connectivity index (χ0) is 10.4. The van der Waals surface area contributed by atoms with Crippen molar-refractivity contribution < 1.29 is 5.11 Å². The monoisotopic (exact) mass is 189 g/mol. The van der Waals surface area contributed by atoms with Crippen LogP contribution in [0.1, 0.15) is 24.7 Å². The summed E-state index contributed by atoms with van der Waals surface area (Å²) in [6.07, 6.45) is 2.09. The van der Waals surface area contributed by atoms with Crippen LogP contribution in [0.4, 0.5) is 0 Å². The molecule has 72 valence electrons. The molecule has 1 aromatic rings. The first kappa shape index (κ1) is 10.3. The van der Waals surface area contributed by atoms with E-state index in [1.807, 2.05) is 13.0 Å². The van der Waals surface area contributed by atoms with E-state index in [-0.39, 0.29) is 12.5 Å². The number of H-pyrrole nitrogens is 1. The summed E-state index contributed by atoms with van der Waals surface area (Å²) < 4.78 is 0. The van der Waals surface area contributed by atoms with Crippen molar-refractivity contribution in [2.75, 3.05) is 6.61 Å². The molecule has 1 atom stereocenters. The first-order valence-corrected chi connectivity index (χ1v) is 4.33. The normalized spacial score (nSPS) is 11.2. The fourth-order valence-electron chi connectivity index (χ4n) is 0.936. The summed E-state index contributed by atoms with van der Waals surface area (Å²) in [5.41, 5.74) is 0.853. The van der Waals surface area contributed by atoms with Gasteiger partial charge in [-0.2, -0.15) is 5.26 Å². The standard InChI is InChI=1S/C10H11N3O/c1-8(4-5-14)2-3-9-10(6-11)13-7-12-9/h7-8,14H,4-5H2,1H3,(H,12,13). The SMILES string of the molecule is CC(C#Cc1[nH]cnc1C#N)CCO. The molecule has 1 aromatic heterocycles. The molecule has 14 heavy (non-hydrogen) atoms. The Balaban J connectivity index is 2.73. The van der Waals surface area contributed by atoms with E-state index in [0.29, 0.717) is 17.8 Å². The molecule has 1 heterocycles. The Hall–Kier alpha value is -1.78. The predicted octanol–water partition coefficient (Wildman–Crippen LogP) is 0.651. The van der Waals surface area contributed by atoms with Gasteiger partial charge in [-0.3, -0.25) is 0 Å². The number of aliphatic hydroxyl groups excluding tert-OH is 1. The molecule has 0 fully saturated rings. The zero-order valence-corrected chi connectivity index (χ0v) is 7.91. The van der Waals surface area contributed by atoms with Crippen molar-refractivity contribution in [1.82, 2.24) is 9.97 Å². The molecular formula is C10H11N3O. The van der Waals surface area contributed by atoms with Gasteiger partial charge in [0.2, 0.25) is 0 Å². The number of rotatable bonds is 2. The molecular weight excluding hydrogens is 178 g/mol. The Morgan fingerprint density at radius 3 is 3.14 bits per heavy atom. The van der Waals surface area contributed by atoms with Gasteiger partial charge in [-0.15, -0.1) is 0 Å². The van der Waals surface area contributed by atoms with Crippen molar-refractivity contribution >= 4 is 0 Å². The highest BCUT2D eigenvalue weighted by Gasteiger charge is 2.00. The number of aromatic nitrogens is 2. The lowest BCUT2D eigenvalue weighted by Gasteiger charge is -1.97. The molecule has 0 spiro atoms. The topological polar surface area (TPSA) is 72.7 Å². The van der Waals surface area contributed by atoms with Crippen LogP contribution < -0.4 is 0 Å². The van der Waals surface area contributed by atoms with Crippen molar-refractivity contribution in [1.29, 1.82) is 5.26 Å². The molecule has 0 aromatic carbocycles. The molecule has 2 N–H and O–H groups in total. The number of hydrogen-bond donors (Lipinski definition) is 2. The molecule has 0 aliphatic carbocycles. The number of aromatic amines is 1. The van der Waals surface area contributed by atoms with Crippen molar-refractivity contribution in [3.8, 4) is 17.9 Å². The maximum atomic E-state index is 8.65. The van der Waals surface area contributed by atoms with Gasteiger partial charge in [0.05, 0.1) is 6.33 Å². The third kappa shape index (κ3) is 2.62.